The summed E-state index contributed by atoms with van der Waals surface area (Å²) in [6.45, 7) is 4.16. The molecule has 6 nitrogen and oxygen atoms in total. The number of carbonyl (C=O) groups is 1. The van der Waals surface area contributed by atoms with Crippen molar-refractivity contribution in [1.82, 2.24) is 16.2 Å². The Kier molecular flexibility index (Phi) is 5.44. The number of carbonyl (C=O) groups excluding carboxylic acids is 1. The molecule has 2 aromatic carbocycles. The molecule has 3 atom stereocenters. The van der Waals surface area contributed by atoms with Gasteiger partial charge in [-0.2, -0.15) is 0 Å². The molecule has 1 fully saturated rings. The Balaban J connectivity index is 1.80. The largest absolute Gasteiger partial charge is 0.497 e. The van der Waals surface area contributed by atoms with Crippen molar-refractivity contribution in [3.8, 4) is 11.5 Å². The summed E-state index contributed by atoms with van der Waals surface area (Å²) in [5, 5.41) is 3.07. The van der Waals surface area contributed by atoms with Crippen molar-refractivity contribution in [2.24, 2.45) is 0 Å². The predicted octanol–water partition coefficient (Wildman–Crippen LogP) is 2.35. The summed E-state index contributed by atoms with van der Waals surface area (Å²) < 4.78 is 10.5. The minimum Gasteiger partial charge on any atom is -0.497 e. The van der Waals surface area contributed by atoms with Gasteiger partial charge in [0.25, 0.3) is 5.91 Å². The summed E-state index contributed by atoms with van der Waals surface area (Å²) in [7, 11) is 3.13. The maximum absolute atomic E-state index is 12.8. The average molecular weight is 355 g/mol. The minimum absolute atomic E-state index is 0.118. The number of amides is 1. The molecule has 1 aliphatic rings. The van der Waals surface area contributed by atoms with Gasteiger partial charge in [0.05, 0.1) is 14.2 Å². The van der Waals surface area contributed by atoms with Crippen LogP contribution in [-0.4, -0.2) is 32.3 Å². The molecule has 0 aliphatic carbocycles. The highest BCUT2D eigenvalue weighted by molar-refractivity contribution is 5.95. The molecule has 1 amide bonds. The fraction of sp³-hybridized carbons (Fsp3) is 0.350. The van der Waals surface area contributed by atoms with Crippen LogP contribution < -0.4 is 25.6 Å². The Morgan fingerprint density at radius 3 is 2.19 bits per heavy atom. The van der Waals surface area contributed by atoms with E-state index in [1.54, 1.807) is 32.4 Å². The second-order valence-electron chi connectivity index (χ2n) is 6.57. The van der Waals surface area contributed by atoms with Crippen molar-refractivity contribution in [2.75, 3.05) is 14.2 Å². The van der Waals surface area contributed by atoms with Gasteiger partial charge >= 0.3 is 0 Å². The molecule has 0 bridgehead atoms. The molecule has 0 spiro atoms. The third kappa shape index (κ3) is 3.81. The summed E-state index contributed by atoms with van der Waals surface area (Å²) in [5.74, 6) is 1.09. The monoisotopic (exact) mass is 355 g/mol. The number of benzene rings is 2. The number of hydrogen-bond donors (Lipinski definition) is 3. The highest BCUT2D eigenvalue weighted by Gasteiger charge is 2.35. The number of hydrogen-bond acceptors (Lipinski definition) is 5. The lowest BCUT2D eigenvalue weighted by Crippen LogP contribution is -2.46. The topological polar surface area (TPSA) is 71.6 Å². The van der Waals surface area contributed by atoms with E-state index < -0.39 is 0 Å². The number of methoxy groups -OCH3 is 2. The minimum atomic E-state index is -0.225. The molecule has 2 aromatic rings. The van der Waals surface area contributed by atoms with E-state index in [2.05, 4.69) is 54.3 Å². The van der Waals surface area contributed by atoms with Crippen LogP contribution in [0.1, 0.15) is 34.3 Å². The summed E-state index contributed by atoms with van der Waals surface area (Å²) in [6, 6.07) is 13.7. The van der Waals surface area contributed by atoms with Crippen LogP contribution in [0.15, 0.2) is 42.5 Å². The third-order valence-electron chi connectivity index (χ3n) is 4.73. The maximum atomic E-state index is 12.8. The standard InChI is InChI=1S/C20H25N3O3/c1-12-5-7-14(8-6-12)18-13(2)22-23-19(18)21-20(24)15-9-16(25-3)11-17(10-15)26-4/h5-11,13,18-19,22-23H,1-4H3,(H,21,24). The number of ether oxygens (including phenoxy) is 2. The zero-order valence-electron chi connectivity index (χ0n) is 15.5. The molecule has 3 rings (SSSR count). The van der Waals surface area contributed by atoms with Gasteiger partial charge in [-0.1, -0.05) is 29.8 Å². The molecule has 0 saturated carbocycles. The summed E-state index contributed by atoms with van der Waals surface area (Å²) in [4.78, 5) is 12.8. The van der Waals surface area contributed by atoms with Crippen molar-refractivity contribution in [3.05, 3.63) is 59.2 Å². The van der Waals surface area contributed by atoms with Crippen molar-refractivity contribution in [3.63, 3.8) is 0 Å². The molecule has 138 valence electrons. The zero-order chi connectivity index (χ0) is 18.7. The van der Waals surface area contributed by atoms with E-state index in [1.807, 2.05) is 0 Å². The van der Waals surface area contributed by atoms with E-state index in [-0.39, 0.29) is 24.0 Å². The number of rotatable bonds is 5. The molecule has 3 N–H and O–H groups in total. The van der Waals surface area contributed by atoms with E-state index in [1.165, 1.54) is 11.1 Å². The average Bonchev–Trinajstić information content (AvgIpc) is 3.02. The van der Waals surface area contributed by atoms with Crippen LogP contribution in [0.3, 0.4) is 0 Å². The third-order valence-corrected chi connectivity index (χ3v) is 4.73. The van der Waals surface area contributed by atoms with Crippen LogP contribution in [0.25, 0.3) is 0 Å². The van der Waals surface area contributed by atoms with Gasteiger partial charge in [0, 0.05) is 23.6 Å². The van der Waals surface area contributed by atoms with Crippen LogP contribution in [-0.2, 0) is 0 Å². The van der Waals surface area contributed by atoms with E-state index in [9.17, 15) is 4.79 Å². The van der Waals surface area contributed by atoms with Crippen molar-refractivity contribution in [1.29, 1.82) is 0 Å². The molecule has 3 unspecified atom stereocenters. The highest BCUT2D eigenvalue weighted by Crippen LogP contribution is 2.27. The molecule has 0 aromatic heterocycles. The second-order valence-corrected chi connectivity index (χ2v) is 6.57. The number of nitrogens with one attached hydrogen (secondary N) is 3. The SMILES string of the molecule is COc1cc(OC)cc(C(=O)NC2NNC(C)C2c2ccc(C)cc2)c1. The molecule has 0 radical (unpaired) electrons. The lowest BCUT2D eigenvalue weighted by Gasteiger charge is -2.23. The van der Waals surface area contributed by atoms with Crippen LogP contribution >= 0.6 is 0 Å². The van der Waals surface area contributed by atoms with Crippen LogP contribution in [0.5, 0.6) is 11.5 Å². The van der Waals surface area contributed by atoms with Gasteiger partial charge in [0.15, 0.2) is 0 Å². The van der Waals surface area contributed by atoms with E-state index in [0.29, 0.717) is 17.1 Å². The molecule has 1 saturated heterocycles. The Morgan fingerprint density at radius 1 is 1.00 bits per heavy atom. The van der Waals surface area contributed by atoms with E-state index in [0.717, 1.165) is 0 Å². The molecule has 1 aliphatic heterocycles. The Hall–Kier alpha value is -2.57. The van der Waals surface area contributed by atoms with Crippen LogP contribution in [0.2, 0.25) is 0 Å². The summed E-state index contributed by atoms with van der Waals surface area (Å²) in [5.41, 5.74) is 9.28. The lowest BCUT2D eigenvalue weighted by molar-refractivity contribution is 0.0927. The van der Waals surface area contributed by atoms with Crippen LogP contribution in [0.4, 0.5) is 0 Å². The Labute approximate surface area is 153 Å². The zero-order valence-corrected chi connectivity index (χ0v) is 15.5. The fourth-order valence-electron chi connectivity index (χ4n) is 3.25. The second kappa shape index (κ2) is 7.76. The number of aryl methyl sites for hydroxylation is 1. The first-order valence-electron chi connectivity index (χ1n) is 8.63. The molecule has 26 heavy (non-hydrogen) atoms. The quantitative estimate of drug-likeness (QED) is 0.768. The fourth-order valence-corrected chi connectivity index (χ4v) is 3.25. The van der Waals surface area contributed by atoms with Gasteiger partial charge < -0.3 is 14.8 Å². The Bertz CT molecular complexity index is 754. The summed E-state index contributed by atoms with van der Waals surface area (Å²) >= 11 is 0. The molecule has 6 heteroatoms. The van der Waals surface area contributed by atoms with Crippen molar-refractivity contribution >= 4 is 5.91 Å². The van der Waals surface area contributed by atoms with E-state index in [4.69, 9.17) is 9.47 Å². The highest BCUT2D eigenvalue weighted by atomic mass is 16.5. The molecule has 1 heterocycles. The van der Waals surface area contributed by atoms with Gasteiger partial charge in [-0.3, -0.25) is 10.2 Å². The normalized spacial score (nSPS) is 22.1. The van der Waals surface area contributed by atoms with Crippen molar-refractivity contribution < 1.29 is 14.3 Å². The lowest BCUT2D eigenvalue weighted by atomic mass is 9.91. The van der Waals surface area contributed by atoms with Gasteiger partial charge in [-0.05, 0) is 31.5 Å². The van der Waals surface area contributed by atoms with E-state index >= 15 is 0 Å². The van der Waals surface area contributed by atoms with Gasteiger partial charge in [-0.15, -0.1) is 0 Å². The maximum Gasteiger partial charge on any atom is 0.252 e. The van der Waals surface area contributed by atoms with Crippen molar-refractivity contribution in [2.45, 2.75) is 32.0 Å². The first-order valence-corrected chi connectivity index (χ1v) is 8.63. The summed E-state index contributed by atoms with van der Waals surface area (Å²) in [6.07, 6.45) is -0.225. The molecular weight excluding hydrogens is 330 g/mol. The van der Waals surface area contributed by atoms with Gasteiger partial charge in [0.1, 0.15) is 17.7 Å². The van der Waals surface area contributed by atoms with Crippen LogP contribution in [0, 0.1) is 6.92 Å². The first-order chi connectivity index (χ1) is 12.5. The first kappa shape index (κ1) is 18.2. The van der Waals surface area contributed by atoms with Gasteiger partial charge in [-0.25, -0.2) is 5.43 Å². The predicted molar refractivity (Wildman–Crippen MR) is 100 cm³/mol. The smallest absolute Gasteiger partial charge is 0.252 e. The molecular formula is C20H25N3O3. The number of hydrazine groups is 1. The van der Waals surface area contributed by atoms with Gasteiger partial charge in [0.2, 0.25) is 0 Å². The Morgan fingerprint density at radius 2 is 1.62 bits per heavy atom.